The Hall–Kier alpha value is -3.51. The number of anilines is 1. The van der Waals surface area contributed by atoms with Gasteiger partial charge in [0.1, 0.15) is 5.75 Å². The summed E-state index contributed by atoms with van der Waals surface area (Å²) in [5, 5.41) is 2.73. The van der Waals surface area contributed by atoms with Gasteiger partial charge in [0, 0.05) is 44.5 Å². The zero-order chi connectivity index (χ0) is 31.9. The quantitative estimate of drug-likeness (QED) is 0.383. The molecule has 0 radical (unpaired) electrons. The number of alkyl halides is 3. The molecule has 44 heavy (non-hydrogen) atoms. The second-order valence-electron chi connectivity index (χ2n) is 11.1. The molecule has 2 aliphatic rings. The third-order valence-corrected chi connectivity index (χ3v) is 8.26. The topological polar surface area (TPSA) is 91.4 Å². The summed E-state index contributed by atoms with van der Waals surface area (Å²) in [4.78, 5) is 45.3. The number of carbonyl (C=O) groups excluding carboxylic acids is 3. The highest BCUT2D eigenvalue weighted by atomic mass is 35.5. The van der Waals surface area contributed by atoms with Crippen molar-refractivity contribution in [2.24, 2.45) is 0 Å². The second kappa shape index (κ2) is 15.0. The number of para-hydroxylation sites is 1. The van der Waals surface area contributed by atoms with E-state index < -0.39 is 30.8 Å². The van der Waals surface area contributed by atoms with Gasteiger partial charge in [-0.25, -0.2) is 4.79 Å². The average molecular weight is 639 g/mol. The molecule has 13 heteroatoms. The van der Waals surface area contributed by atoms with E-state index in [0.717, 1.165) is 32.1 Å². The molecule has 1 N–H and O–H groups in total. The van der Waals surface area contributed by atoms with Crippen LogP contribution < -0.4 is 15.0 Å². The Kier molecular flexibility index (Phi) is 11.4. The summed E-state index contributed by atoms with van der Waals surface area (Å²) in [6.07, 6.45) is 0.628. The van der Waals surface area contributed by atoms with Crippen molar-refractivity contribution in [1.82, 2.24) is 15.1 Å². The lowest BCUT2D eigenvalue weighted by Gasteiger charge is -2.35. The van der Waals surface area contributed by atoms with E-state index in [1.165, 1.54) is 23.1 Å². The molecule has 0 saturated heterocycles. The number of ether oxygens (including phenoxy) is 2. The first-order chi connectivity index (χ1) is 21.0. The molecule has 0 spiro atoms. The standard InChI is InChI=1S/C31H38ClF3N4O5/c1-21-18-39(29(41)25-13-12-24(16-26(25)32)44-20-31(33,34)35)27-11-7-6-8-22(27)19-38(21)30(42)36-17-28(40)37(14-15-43-2)23-9-4-3-5-10-23/h6-8,11-13,16,21,23H,3-5,9-10,14-15,17-20H2,1-2H3,(H,36,42)/t21-/m1/s1. The fraction of sp³-hybridized carbons (Fsp3) is 0.516. The summed E-state index contributed by atoms with van der Waals surface area (Å²) in [7, 11) is 1.59. The van der Waals surface area contributed by atoms with Gasteiger partial charge >= 0.3 is 12.2 Å². The Morgan fingerprint density at radius 1 is 1.09 bits per heavy atom. The zero-order valence-electron chi connectivity index (χ0n) is 24.9. The Labute approximate surface area is 260 Å². The molecule has 1 aliphatic carbocycles. The van der Waals surface area contributed by atoms with Crippen molar-refractivity contribution >= 4 is 35.1 Å². The van der Waals surface area contributed by atoms with Gasteiger partial charge in [0.15, 0.2) is 6.61 Å². The Morgan fingerprint density at radius 3 is 2.50 bits per heavy atom. The van der Waals surface area contributed by atoms with Crippen molar-refractivity contribution in [3.63, 3.8) is 0 Å². The van der Waals surface area contributed by atoms with E-state index in [0.29, 0.717) is 24.4 Å². The minimum Gasteiger partial charge on any atom is -0.484 e. The lowest BCUT2D eigenvalue weighted by atomic mass is 9.94. The van der Waals surface area contributed by atoms with Crippen LogP contribution in [0.2, 0.25) is 5.02 Å². The van der Waals surface area contributed by atoms with Gasteiger partial charge in [-0.15, -0.1) is 0 Å². The fourth-order valence-electron chi connectivity index (χ4n) is 5.69. The van der Waals surface area contributed by atoms with E-state index in [4.69, 9.17) is 21.1 Å². The van der Waals surface area contributed by atoms with Gasteiger partial charge in [0.2, 0.25) is 5.91 Å². The van der Waals surface area contributed by atoms with E-state index in [1.54, 1.807) is 37.1 Å². The summed E-state index contributed by atoms with van der Waals surface area (Å²) >= 11 is 6.33. The number of nitrogens with one attached hydrogen (secondary N) is 1. The fourth-order valence-corrected chi connectivity index (χ4v) is 5.94. The third kappa shape index (κ3) is 8.56. The first kappa shape index (κ1) is 33.4. The Morgan fingerprint density at radius 2 is 1.82 bits per heavy atom. The number of urea groups is 1. The maximum absolute atomic E-state index is 13.8. The SMILES string of the molecule is COCCN(C(=O)CNC(=O)N1Cc2ccccc2N(C(=O)c2ccc(OCC(F)(F)F)cc2Cl)C[C@H]1C)C1CCCCC1. The number of benzene rings is 2. The molecule has 1 aliphatic heterocycles. The summed E-state index contributed by atoms with van der Waals surface area (Å²) in [6, 6.07) is 10.1. The maximum atomic E-state index is 13.8. The number of hydrogen-bond acceptors (Lipinski definition) is 5. The minimum absolute atomic E-state index is 0.0619. The van der Waals surface area contributed by atoms with Crippen LogP contribution in [0, 0.1) is 0 Å². The monoisotopic (exact) mass is 638 g/mol. The van der Waals surface area contributed by atoms with Gasteiger partial charge in [-0.3, -0.25) is 9.59 Å². The molecule has 1 heterocycles. The summed E-state index contributed by atoms with van der Waals surface area (Å²) in [6.45, 7) is 1.33. The molecule has 240 valence electrons. The lowest BCUT2D eigenvalue weighted by molar-refractivity contribution is -0.153. The van der Waals surface area contributed by atoms with Crippen LogP contribution in [0.15, 0.2) is 42.5 Å². The lowest BCUT2D eigenvalue weighted by Crippen LogP contribution is -2.52. The molecule has 4 rings (SSSR count). The molecule has 2 aromatic carbocycles. The highest BCUT2D eigenvalue weighted by Gasteiger charge is 2.33. The number of fused-ring (bicyclic) bond motifs is 1. The van der Waals surface area contributed by atoms with Crippen molar-refractivity contribution in [1.29, 1.82) is 0 Å². The number of nitrogens with zero attached hydrogens (tertiary/aromatic N) is 3. The van der Waals surface area contributed by atoms with E-state index >= 15 is 0 Å². The third-order valence-electron chi connectivity index (χ3n) is 7.94. The van der Waals surface area contributed by atoms with E-state index in [9.17, 15) is 27.6 Å². The zero-order valence-corrected chi connectivity index (χ0v) is 25.6. The summed E-state index contributed by atoms with van der Waals surface area (Å²) < 4.78 is 47.7. The van der Waals surface area contributed by atoms with Crippen molar-refractivity contribution in [3.8, 4) is 5.75 Å². The van der Waals surface area contributed by atoms with Crippen LogP contribution in [-0.2, 0) is 16.1 Å². The molecule has 4 amide bonds. The smallest absolute Gasteiger partial charge is 0.422 e. The van der Waals surface area contributed by atoms with Crippen LogP contribution in [-0.4, -0.2) is 85.9 Å². The van der Waals surface area contributed by atoms with Crippen molar-refractivity contribution in [2.75, 3.05) is 44.9 Å². The van der Waals surface area contributed by atoms with Gasteiger partial charge in [-0.05, 0) is 49.6 Å². The molecule has 1 atom stereocenters. The average Bonchev–Trinajstić information content (AvgIpc) is 3.15. The van der Waals surface area contributed by atoms with Gasteiger partial charge in [-0.2, -0.15) is 13.2 Å². The van der Waals surface area contributed by atoms with E-state index in [-0.39, 0.29) is 47.9 Å². The Bertz CT molecular complexity index is 1320. The number of hydrogen-bond donors (Lipinski definition) is 1. The number of amides is 4. The van der Waals surface area contributed by atoms with Crippen LogP contribution in [0.4, 0.5) is 23.7 Å². The normalized spacial score (nSPS) is 17.5. The molecule has 1 fully saturated rings. The first-order valence-electron chi connectivity index (χ1n) is 14.7. The molecule has 0 unspecified atom stereocenters. The van der Waals surface area contributed by atoms with Gasteiger partial charge in [0.25, 0.3) is 5.91 Å². The molecule has 0 aromatic heterocycles. The number of carbonyl (C=O) groups is 3. The predicted molar refractivity (Wildman–Crippen MR) is 160 cm³/mol. The van der Waals surface area contributed by atoms with Gasteiger partial charge < -0.3 is 29.5 Å². The molecule has 0 bridgehead atoms. The van der Waals surface area contributed by atoms with Gasteiger partial charge in [-0.1, -0.05) is 49.1 Å². The number of rotatable bonds is 9. The van der Waals surface area contributed by atoms with E-state index in [2.05, 4.69) is 5.32 Å². The largest absolute Gasteiger partial charge is 0.484 e. The first-order valence-corrected chi connectivity index (χ1v) is 15.1. The maximum Gasteiger partial charge on any atom is 0.422 e. The molecule has 1 saturated carbocycles. The molecule has 9 nitrogen and oxygen atoms in total. The van der Waals surface area contributed by atoms with E-state index in [1.807, 2.05) is 11.0 Å². The molecule has 2 aromatic rings. The number of methoxy groups -OCH3 is 1. The highest BCUT2D eigenvalue weighted by molar-refractivity contribution is 6.34. The van der Waals surface area contributed by atoms with Gasteiger partial charge in [0.05, 0.1) is 23.7 Å². The number of halogens is 4. The summed E-state index contributed by atoms with van der Waals surface area (Å²) in [5.41, 5.74) is 1.36. The van der Waals surface area contributed by atoms with Crippen LogP contribution in [0.5, 0.6) is 5.75 Å². The van der Waals surface area contributed by atoms with Crippen molar-refractivity contribution in [3.05, 3.63) is 58.6 Å². The second-order valence-corrected chi connectivity index (χ2v) is 11.5. The van der Waals surface area contributed by atoms with Crippen molar-refractivity contribution < 1.29 is 37.0 Å². The van der Waals surface area contributed by atoms with Crippen LogP contribution >= 0.6 is 11.6 Å². The van der Waals surface area contributed by atoms with Crippen LogP contribution in [0.25, 0.3) is 0 Å². The summed E-state index contributed by atoms with van der Waals surface area (Å²) in [5.74, 6) is -0.759. The van der Waals surface area contributed by atoms with Crippen molar-refractivity contribution in [2.45, 2.75) is 63.8 Å². The van der Waals surface area contributed by atoms with Crippen LogP contribution in [0.1, 0.15) is 54.9 Å². The Balaban J connectivity index is 1.47. The minimum atomic E-state index is -4.52. The molecular formula is C31H38ClF3N4O5. The predicted octanol–water partition coefficient (Wildman–Crippen LogP) is 5.65. The highest BCUT2D eigenvalue weighted by Crippen LogP contribution is 2.32. The van der Waals surface area contributed by atoms with Crippen LogP contribution in [0.3, 0.4) is 0 Å². The molecular weight excluding hydrogens is 601 g/mol.